The molecule has 0 bridgehead atoms. The zero-order chi connectivity index (χ0) is 16.6. The van der Waals surface area contributed by atoms with E-state index in [-0.39, 0.29) is 5.91 Å². The third-order valence-corrected chi connectivity index (χ3v) is 5.49. The predicted molar refractivity (Wildman–Crippen MR) is 95.0 cm³/mol. The normalized spacial score (nSPS) is 14.3. The molecular weight excluding hydrogens is 378 g/mol. The molecule has 0 spiro atoms. The van der Waals surface area contributed by atoms with Gasteiger partial charge in [-0.25, -0.2) is 0 Å². The monoisotopic (exact) mass is 393 g/mol. The lowest BCUT2D eigenvalue weighted by atomic mass is 10.0. The second-order valence-electron chi connectivity index (χ2n) is 5.52. The average Bonchev–Trinajstić information content (AvgIpc) is 2.84. The lowest BCUT2D eigenvalue weighted by Gasteiger charge is -2.22. The van der Waals surface area contributed by atoms with Gasteiger partial charge in [0.15, 0.2) is 0 Å². The maximum absolute atomic E-state index is 12.4. The van der Waals surface area contributed by atoms with E-state index in [1.165, 1.54) is 11.3 Å². The SMILES string of the molecule is CN1CCc2c(sc(NC(=O)c3ccc(Br)cc3)c2C(N)=O)C1. The van der Waals surface area contributed by atoms with Crippen molar-refractivity contribution in [1.82, 2.24) is 4.90 Å². The molecule has 0 fully saturated rings. The molecule has 2 aromatic rings. The molecular formula is C16H16BrN3O2S. The minimum Gasteiger partial charge on any atom is -0.365 e. The lowest BCUT2D eigenvalue weighted by Crippen LogP contribution is -2.27. The van der Waals surface area contributed by atoms with E-state index in [0.29, 0.717) is 16.1 Å². The van der Waals surface area contributed by atoms with Gasteiger partial charge < -0.3 is 16.0 Å². The van der Waals surface area contributed by atoms with Gasteiger partial charge in [-0.2, -0.15) is 0 Å². The third kappa shape index (κ3) is 3.31. The van der Waals surface area contributed by atoms with Crippen molar-refractivity contribution in [3.63, 3.8) is 0 Å². The number of anilines is 1. The number of thiophene rings is 1. The maximum atomic E-state index is 12.4. The minimum absolute atomic E-state index is 0.244. The number of benzene rings is 1. The number of halogens is 1. The first kappa shape index (κ1) is 16.2. The van der Waals surface area contributed by atoms with E-state index in [1.54, 1.807) is 24.3 Å². The van der Waals surface area contributed by atoms with Crippen LogP contribution in [0.2, 0.25) is 0 Å². The molecule has 0 radical (unpaired) electrons. The van der Waals surface area contributed by atoms with Crippen LogP contribution in [0.4, 0.5) is 5.00 Å². The summed E-state index contributed by atoms with van der Waals surface area (Å²) in [5, 5.41) is 3.39. The van der Waals surface area contributed by atoms with Crippen molar-refractivity contribution >= 4 is 44.1 Å². The summed E-state index contributed by atoms with van der Waals surface area (Å²) in [6, 6.07) is 7.06. The fraction of sp³-hybridized carbons (Fsp3) is 0.250. The van der Waals surface area contributed by atoms with Crippen LogP contribution < -0.4 is 11.1 Å². The number of hydrogen-bond donors (Lipinski definition) is 2. The van der Waals surface area contributed by atoms with Crippen LogP contribution >= 0.6 is 27.3 Å². The molecule has 0 atom stereocenters. The molecule has 5 nitrogen and oxygen atoms in total. The van der Waals surface area contributed by atoms with Crippen molar-refractivity contribution in [3.05, 3.63) is 50.3 Å². The Labute approximate surface area is 146 Å². The Balaban J connectivity index is 1.92. The van der Waals surface area contributed by atoms with Crippen LogP contribution in [0.25, 0.3) is 0 Å². The Morgan fingerprint density at radius 2 is 2.00 bits per heavy atom. The number of primary amides is 1. The fourth-order valence-electron chi connectivity index (χ4n) is 2.66. The number of rotatable bonds is 3. The third-order valence-electron chi connectivity index (χ3n) is 3.83. The highest BCUT2D eigenvalue weighted by Gasteiger charge is 2.26. The van der Waals surface area contributed by atoms with Crippen molar-refractivity contribution < 1.29 is 9.59 Å². The second kappa shape index (κ2) is 6.43. The minimum atomic E-state index is -0.488. The number of amides is 2. The van der Waals surface area contributed by atoms with E-state index in [1.807, 2.05) is 7.05 Å². The number of likely N-dealkylation sites (N-methyl/N-ethyl adjacent to an activating group) is 1. The standard InChI is InChI=1S/C16H16BrN3O2S/c1-20-7-6-11-12(8-20)23-16(13(11)14(18)21)19-15(22)9-2-4-10(17)5-3-9/h2-5H,6-8H2,1H3,(H2,18,21)(H,19,22). The molecule has 0 unspecified atom stereocenters. The molecule has 7 heteroatoms. The summed E-state index contributed by atoms with van der Waals surface area (Å²) in [7, 11) is 2.03. The summed E-state index contributed by atoms with van der Waals surface area (Å²) in [6.45, 7) is 1.65. The van der Waals surface area contributed by atoms with Crippen LogP contribution in [0, 0.1) is 0 Å². The van der Waals surface area contributed by atoms with Crippen LogP contribution in [-0.2, 0) is 13.0 Å². The highest BCUT2D eigenvalue weighted by atomic mass is 79.9. The van der Waals surface area contributed by atoms with Gasteiger partial charge in [0.25, 0.3) is 11.8 Å². The molecule has 3 rings (SSSR count). The lowest BCUT2D eigenvalue weighted by molar-refractivity contribution is 0.1000. The first-order chi connectivity index (χ1) is 11.0. The van der Waals surface area contributed by atoms with Crippen molar-refractivity contribution in [3.8, 4) is 0 Å². The van der Waals surface area contributed by atoms with Crippen molar-refractivity contribution in [2.24, 2.45) is 5.73 Å². The van der Waals surface area contributed by atoms with E-state index < -0.39 is 5.91 Å². The van der Waals surface area contributed by atoms with Gasteiger partial charge in [0.2, 0.25) is 0 Å². The van der Waals surface area contributed by atoms with Gasteiger partial charge in [-0.1, -0.05) is 15.9 Å². The van der Waals surface area contributed by atoms with E-state index in [2.05, 4.69) is 26.1 Å². The maximum Gasteiger partial charge on any atom is 0.256 e. The van der Waals surface area contributed by atoms with Gasteiger partial charge in [0.1, 0.15) is 5.00 Å². The van der Waals surface area contributed by atoms with Crippen LogP contribution in [0.3, 0.4) is 0 Å². The van der Waals surface area contributed by atoms with E-state index in [9.17, 15) is 9.59 Å². The van der Waals surface area contributed by atoms with Gasteiger partial charge in [-0.15, -0.1) is 11.3 Å². The summed E-state index contributed by atoms with van der Waals surface area (Å²) in [4.78, 5) is 27.5. The van der Waals surface area contributed by atoms with Crippen molar-refractivity contribution in [2.45, 2.75) is 13.0 Å². The van der Waals surface area contributed by atoms with Gasteiger partial charge in [0.05, 0.1) is 5.56 Å². The summed E-state index contributed by atoms with van der Waals surface area (Å²) in [5.41, 5.74) is 7.52. The Hall–Kier alpha value is -1.70. The molecule has 1 aromatic carbocycles. The number of nitrogens with two attached hydrogens (primary N) is 1. The Morgan fingerprint density at radius 3 is 2.65 bits per heavy atom. The highest BCUT2D eigenvalue weighted by molar-refractivity contribution is 9.10. The molecule has 2 heterocycles. The molecule has 120 valence electrons. The topological polar surface area (TPSA) is 75.4 Å². The quantitative estimate of drug-likeness (QED) is 0.841. The Bertz CT molecular complexity index is 770. The van der Waals surface area contributed by atoms with E-state index in [0.717, 1.165) is 34.4 Å². The Kier molecular flexibility index (Phi) is 4.52. The van der Waals surface area contributed by atoms with Crippen LogP contribution in [0.15, 0.2) is 28.7 Å². The van der Waals surface area contributed by atoms with E-state index >= 15 is 0 Å². The zero-order valence-corrected chi connectivity index (χ0v) is 15.0. The van der Waals surface area contributed by atoms with Gasteiger partial charge >= 0.3 is 0 Å². The molecule has 1 aliphatic rings. The van der Waals surface area contributed by atoms with E-state index in [4.69, 9.17) is 5.73 Å². The van der Waals surface area contributed by atoms with Crippen molar-refractivity contribution in [2.75, 3.05) is 18.9 Å². The molecule has 1 aromatic heterocycles. The molecule has 23 heavy (non-hydrogen) atoms. The number of nitrogens with zero attached hydrogens (tertiary/aromatic N) is 1. The number of carbonyl (C=O) groups is 2. The average molecular weight is 394 g/mol. The summed E-state index contributed by atoms with van der Waals surface area (Å²) >= 11 is 4.78. The van der Waals surface area contributed by atoms with Gasteiger partial charge in [-0.05, 0) is 43.3 Å². The van der Waals surface area contributed by atoms with Crippen LogP contribution in [-0.4, -0.2) is 30.3 Å². The molecule has 2 amide bonds. The number of hydrogen-bond acceptors (Lipinski definition) is 4. The zero-order valence-electron chi connectivity index (χ0n) is 12.6. The van der Waals surface area contributed by atoms with Crippen LogP contribution in [0.1, 0.15) is 31.2 Å². The molecule has 0 saturated carbocycles. The summed E-state index contributed by atoms with van der Waals surface area (Å²) < 4.78 is 0.904. The molecule has 0 aliphatic carbocycles. The van der Waals surface area contributed by atoms with Crippen LogP contribution in [0.5, 0.6) is 0 Å². The smallest absolute Gasteiger partial charge is 0.256 e. The number of fused-ring (bicyclic) bond motifs is 1. The predicted octanol–water partition coefficient (Wildman–Crippen LogP) is 2.85. The fourth-order valence-corrected chi connectivity index (χ4v) is 4.25. The number of carbonyl (C=O) groups excluding carboxylic acids is 2. The molecule has 1 aliphatic heterocycles. The largest absolute Gasteiger partial charge is 0.365 e. The first-order valence-electron chi connectivity index (χ1n) is 7.15. The van der Waals surface area contributed by atoms with Gasteiger partial charge in [0, 0.05) is 28.0 Å². The second-order valence-corrected chi connectivity index (χ2v) is 7.54. The molecule has 0 saturated heterocycles. The highest BCUT2D eigenvalue weighted by Crippen LogP contribution is 2.36. The molecule has 3 N–H and O–H groups in total. The summed E-state index contributed by atoms with van der Waals surface area (Å²) in [5.74, 6) is -0.731. The number of nitrogens with one attached hydrogen (secondary N) is 1. The Morgan fingerprint density at radius 1 is 1.30 bits per heavy atom. The van der Waals surface area contributed by atoms with Crippen molar-refractivity contribution in [1.29, 1.82) is 0 Å². The van der Waals surface area contributed by atoms with Gasteiger partial charge in [-0.3, -0.25) is 9.59 Å². The first-order valence-corrected chi connectivity index (χ1v) is 8.76. The summed E-state index contributed by atoms with van der Waals surface area (Å²) in [6.07, 6.45) is 0.773.